The zero-order valence-corrected chi connectivity index (χ0v) is 8.17. The average molecular weight is 212 g/mol. The Kier molecular flexibility index (Phi) is 3.40. The maximum Gasteiger partial charge on any atom is 0.325 e. The highest BCUT2D eigenvalue weighted by Gasteiger charge is 2.09. The minimum absolute atomic E-state index is 0.242. The van der Waals surface area contributed by atoms with Crippen molar-refractivity contribution in [3.05, 3.63) is 12.4 Å². The largest absolute Gasteiger partial charge is 0.480 e. The molecule has 15 heavy (non-hydrogen) atoms. The van der Waals surface area contributed by atoms with E-state index in [-0.39, 0.29) is 12.5 Å². The van der Waals surface area contributed by atoms with E-state index in [0.717, 1.165) is 0 Å². The second-order valence-corrected chi connectivity index (χ2v) is 3.10. The Morgan fingerprint density at radius 2 is 2.40 bits per heavy atom. The summed E-state index contributed by atoms with van der Waals surface area (Å²) < 4.78 is 1.21. The Morgan fingerprint density at radius 1 is 1.73 bits per heavy atom. The maximum absolute atomic E-state index is 11.2. The standard InChI is InChI=1S/C8H12N4O3/c1-5(9)8(15)11-6-2-10-12(3-6)4-7(13)14/h2-3,5H,4,9H2,1H3,(H,11,15)(H,13,14). The second-order valence-electron chi connectivity index (χ2n) is 3.10. The molecule has 0 aliphatic rings. The van der Waals surface area contributed by atoms with Gasteiger partial charge in [-0.1, -0.05) is 0 Å². The van der Waals surface area contributed by atoms with Crippen molar-refractivity contribution in [3.63, 3.8) is 0 Å². The third kappa shape index (κ3) is 3.39. The minimum atomic E-state index is -0.997. The molecular weight excluding hydrogens is 200 g/mol. The van der Waals surface area contributed by atoms with Crippen molar-refractivity contribution >= 4 is 17.6 Å². The lowest BCUT2D eigenvalue weighted by atomic mass is 10.3. The third-order valence-corrected chi connectivity index (χ3v) is 1.61. The molecule has 0 radical (unpaired) electrons. The number of aromatic nitrogens is 2. The Morgan fingerprint density at radius 3 is 2.93 bits per heavy atom. The molecule has 0 aromatic carbocycles. The fourth-order valence-corrected chi connectivity index (χ4v) is 0.909. The summed E-state index contributed by atoms with van der Waals surface area (Å²) in [5.74, 6) is -1.34. The molecule has 82 valence electrons. The molecular formula is C8H12N4O3. The summed E-state index contributed by atoms with van der Waals surface area (Å²) in [6.07, 6.45) is 2.79. The summed E-state index contributed by atoms with van der Waals surface area (Å²) in [6.45, 7) is 1.31. The van der Waals surface area contributed by atoms with E-state index in [4.69, 9.17) is 10.8 Å². The Bertz CT molecular complexity index is 372. The maximum atomic E-state index is 11.2. The molecule has 1 aromatic heterocycles. The molecule has 0 saturated heterocycles. The number of carboxylic acids is 1. The molecule has 0 fully saturated rings. The summed E-state index contributed by atoms with van der Waals surface area (Å²) in [7, 11) is 0. The Hall–Kier alpha value is -1.89. The molecule has 1 atom stereocenters. The van der Waals surface area contributed by atoms with Gasteiger partial charge in [-0.25, -0.2) is 0 Å². The highest BCUT2D eigenvalue weighted by atomic mass is 16.4. The van der Waals surface area contributed by atoms with Gasteiger partial charge in [0.25, 0.3) is 0 Å². The van der Waals surface area contributed by atoms with Crippen LogP contribution < -0.4 is 11.1 Å². The van der Waals surface area contributed by atoms with Crippen molar-refractivity contribution in [2.45, 2.75) is 19.5 Å². The molecule has 7 heteroatoms. The van der Waals surface area contributed by atoms with Gasteiger partial charge in [-0.15, -0.1) is 0 Å². The number of aliphatic carboxylic acids is 1. The van der Waals surface area contributed by atoms with E-state index < -0.39 is 12.0 Å². The molecule has 0 aliphatic heterocycles. The Labute approximate surface area is 85.9 Å². The van der Waals surface area contributed by atoms with Crippen molar-refractivity contribution in [2.24, 2.45) is 5.73 Å². The molecule has 7 nitrogen and oxygen atoms in total. The number of amides is 1. The van der Waals surface area contributed by atoms with E-state index in [1.807, 2.05) is 0 Å². The van der Waals surface area contributed by atoms with E-state index in [2.05, 4.69) is 10.4 Å². The molecule has 1 amide bonds. The summed E-state index contributed by atoms with van der Waals surface area (Å²) in [5.41, 5.74) is 5.77. The van der Waals surface area contributed by atoms with Gasteiger partial charge >= 0.3 is 5.97 Å². The normalized spacial score (nSPS) is 12.1. The third-order valence-electron chi connectivity index (χ3n) is 1.61. The highest BCUT2D eigenvalue weighted by Crippen LogP contribution is 2.04. The molecule has 0 spiro atoms. The first-order chi connectivity index (χ1) is 6.99. The molecule has 1 aromatic rings. The first kappa shape index (κ1) is 11.2. The van der Waals surface area contributed by atoms with Crippen LogP contribution >= 0.6 is 0 Å². The molecule has 0 bridgehead atoms. The SMILES string of the molecule is CC(N)C(=O)Nc1cnn(CC(=O)O)c1. The zero-order valence-electron chi connectivity index (χ0n) is 8.17. The van der Waals surface area contributed by atoms with Gasteiger partial charge in [0, 0.05) is 6.20 Å². The van der Waals surface area contributed by atoms with Crippen LogP contribution in [0.5, 0.6) is 0 Å². The molecule has 1 rings (SSSR count). The van der Waals surface area contributed by atoms with Crippen LogP contribution in [0.3, 0.4) is 0 Å². The van der Waals surface area contributed by atoms with Gasteiger partial charge in [-0.2, -0.15) is 5.10 Å². The van der Waals surface area contributed by atoms with Crippen molar-refractivity contribution in [1.29, 1.82) is 0 Å². The van der Waals surface area contributed by atoms with E-state index in [1.54, 1.807) is 6.92 Å². The number of nitrogens with zero attached hydrogens (tertiary/aromatic N) is 2. The smallest absolute Gasteiger partial charge is 0.325 e. The summed E-state index contributed by atoms with van der Waals surface area (Å²) in [5, 5.41) is 14.7. The van der Waals surface area contributed by atoms with Crippen LogP contribution in [0.25, 0.3) is 0 Å². The van der Waals surface area contributed by atoms with Crippen LogP contribution in [0.15, 0.2) is 12.4 Å². The fourth-order valence-electron chi connectivity index (χ4n) is 0.909. The van der Waals surface area contributed by atoms with Gasteiger partial charge < -0.3 is 16.2 Å². The van der Waals surface area contributed by atoms with Gasteiger partial charge in [0.05, 0.1) is 17.9 Å². The van der Waals surface area contributed by atoms with Gasteiger partial charge in [-0.3, -0.25) is 14.3 Å². The van der Waals surface area contributed by atoms with Crippen LogP contribution in [0.1, 0.15) is 6.92 Å². The fraction of sp³-hybridized carbons (Fsp3) is 0.375. The lowest BCUT2D eigenvalue weighted by Crippen LogP contribution is -2.32. The number of carbonyl (C=O) groups excluding carboxylic acids is 1. The molecule has 1 unspecified atom stereocenters. The summed E-state index contributed by atoms with van der Waals surface area (Å²) in [4.78, 5) is 21.5. The van der Waals surface area contributed by atoms with Crippen LogP contribution in [-0.2, 0) is 16.1 Å². The lowest BCUT2D eigenvalue weighted by Gasteiger charge is -2.04. The van der Waals surface area contributed by atoms with Crippen molar-refractivity contribution in [1.82, 2.24) is 9.78 Å². The van der Waals surface area contributed by atoms with E-state index in [0.29, 0.717) is 5.69 Å². The van der Waals surface area contributed by atoms with Crippen LogP contribution in [0.4, 0.5) is 5.69 Å². The van der Waals surface area contributed by atoms with Gasteiger partial charge in [0.2, 0.25) is 5.91 Å². The lowest BCUT2D eigenvalue weighted by molar-refractivity contribution is -0.137. The number of nitrogens with two attached hydrogens (primary N) is 1. The number of anilines is 1. The van der Waals surface area contributed by atoms with Crippen molar-refractivity contribution in [3.8, 4) is 0 Å². The average Bonchev–Trinajstić information content (AvgIpc) is 2.51. The predicted octanol–water partition coefficient (Wildman–Crippen LogP) is -0.747. The number of carboxylic acid groups (broad SMARTS) is 1. The summed E-state index contributed by atoms with van der Waals surface area (Å²) >= 11 is 0. The van der Waals surface area contributed by atoms with Gasteiger partial charge in [0.15, 0.2) is 0 Å². The first-order valence-electron chi connectivity index (χ1n) is 4.29. The topological polar surface area (TPSA) is 110 Å². The molecule has 0 aliphatic carbocycles. The Balaban J connectivity index is 2.60. The predicted molar refractivity (Wildman–Crippen MR) is 52.1 cm³/mol. The van der Waals surface area contributed by atoms with Gasteiger partial charge in [0.1, 0.15) is 6.54 Å². The van der Waals surface area contributed by atoms with E-state index in [9.17, 15) is 9.59 Å². The van der Waals surface area contributed by atoms with Gasteiger partial charge in [-0.05, 0) is 6.92 Å². The number of carbonyl (C=O) groups is 2. The minimum Gasteiger partial charge on any atom is -0.480 e. The van der Waals surface area contributed by atoms with Crippen LogP contribution in [0.2, 0.25) is 0 Å². The van der Waals surface area contributed by atoms with E-state index >= 15 is 0 Å². The zero-order chi connectivity index (χ0) is 11.4. The molecule has 0 saturated carbocycles. The molecule has 4 N–H and O–H groups in total. The first-order valence-corrected chi connectivity index (χ1v) is 4.29. The number of rotatable bonds is 4. The molecule has 1 heterocycles. The quantitative estimate of drug-likeness (QED) is 0.608. The summed E-state index contributed by atoms with van der Waals surface area (Å²) in [6, 6.07) is -0.618. The highest BCUT2D eigenvalue weighted by molar-refractivity contribution is 5.94. The number of hydrogen-bond donors (Lipinski definition) is 3. The second kappa shape index (κ2) is 4.56. The van der Waals surface area contributed by atoms with Crippen LogP contribution in [-0.4, -0.2) is 32.8 Å². The van der Waals surface area contributed by atoms with Crippen LogP contribution in [0, 0.1) is 0 Å². The number of hydrogen-bond acceptors (Lipinski definition) is 4. The number of nitrogens with one attached hydrogen (secondary N) is 1. The monoisotopic (exact) mass is 212 g/mol. The van der Waals surface area contributed by atoms with Crippen molar-refractivity contribution < 1.29 is 14.7 Å². The van der Waals surface area contributed by atoms with Crippen molar-refractivity contribution in [2.75, 3.05) is 5.32 Å². The van der Waals surface area contributed by atoms with E-state index in [1.165, 1.54) is 17.1 Å².